The molecule has 0 radical (unpaired) electrons. The Kier molecular flexibility index (Phi) is 5.24. The summed E-state index contributed by atoms with van der Waals surface area (Å²) < 4.78 is 0. The Balaban J connectivity index is 1.71. The van der Waals surface area contributed by atoms with E-state index in [4.69, 9.17) is 5.73 Å². The zero-order valence-electron chi connectivity index (χ0n) is 14.3. The molecule has 6 heteroatoms. The lowest BCUT2D eigenvalue weighted by molar-refractivity contribution is -0.114. The zero-order chi connectivity index (χ0) is 18.4. The van der Waals surface area contributed by atoms with Crippen molar-refractivity contribution in [3.63, 3.8) is 0 Å². The number of aromatic nitrogens is 2. The van der Waals surface area contributed by atoms with Crippen LogP contribution in [0.15, 0.2) is 60.9 Å². The number of amides is 1. The molecule has 2 aromatic heterocycles. The number of carbonyl (C=O) groups excluding carboxylic acids is 1. The average Bonchev–Trinajstić information content (AvgIpc) is 2.63. The van der Waals surface area contributed by atoms with Crippen molar-refractivity contribution in [3.8, 4) is 0 Å². The Morgan fingerprint density at radius 1 is 1.04 bits per heavy atom. The van der Waals surface area contributed by atoms with Crippen LogP contribution in [-0.4, -0.2) is 15.9 Å². The van der Waals surface area contributed by atoms with E-state index in [9.17, 15) is 4.79 Å². The molecule has 1 aromatic carbocycles. The Morgan fingerprint density at radius 2 is 1.88 bits per heavy atom. The van der Waals surface area contributed by atoms with Crippen molar-refractivity contribution in [3.05, 3.63) is 72.1 Å². The summed E-state index contributed by atoms with van der Waals surface area (Å²) in [4.78, 5) is 19.4. The third-order valence-corrected chi connectivity index (χ3v) is 3.55. The number of hydrogen-bond donors (Lipinski definition) is 3. The van der Waals surface area contributed by atoms with Gasteiger partial charge < -0.3 is 16.4 Å². The summed E-state index contributed by atoms with van der Waals surface area (Å²) in [5.41, 5.74) is 9.37. The summed E-state index contributed by atoms with van der Waals surface area (Å²) in [5.74, 6) is 1.03. The number of hydrogen-bond acceptors (Lipinski definition) is 5. The minimum atomic E-state index is -0.140. The van der Waals surface area contributed by atoms with Crippen LogP contribution in [0.25, 0.3) is 12.2 Å². The number of rotatable bonds is 5. The summed E-state index contributed by atoms with van der Waals surface area (Å²) in [6.45, 7) is 1.45. The minimum absolute atomic E-state index is 0.140. The van der Waals surface area contributed by atoms with Gasteiger partial charge in [0.25, 0.3) is 0 Å². The highest BCUT2D eigenvalue weighted by Crippen LogP contribution is 2.21. The fraction of sp³-hybridized carbons (Fsp3) is 0.0500. The molecule has 0 atom stereocenters. The maximum atomic E-state index is 11.0. The maximum absolute atomic E-state index is 11.0. The van der Waals surface area contributed by atoms with Crippen molar-refractivity contribution < 1.29 is 4.79 Å². The monoisotopic (exact) mass is 345 g/mol. The van der Waals surface area contributed by atoms with Crippen molar-refractivity contribution in [2.24, 2.45) is 0 Å². The second kappa shape index (κ2) is 7.94. The summed E-state index contributed by atoms with van der Waals surface area (Å²) in [6.07, 6.45) is 7.35. The van der Waals surface area contributed by atoms with Gasteiger partial charge in [-0.15, -0.1) is 0 Å². The zero-order valence-corrected chi connectivity index (χ0v) is 14.3. The minimum Gasteiger partial charge on any atom is -0.396 e. The molecule has 0 fully saturated rings. The number of carbonyl (C=O) groups is 1. The second-order valence-corrected chi connectivity index (χ2v) is 5.68. The van der Waals surface area contributed by atoms with Gasteiger partial charge in [-0.1, -0.05) is 24.3 Å². The van der Waals surface area contributed by atoms with Gasteiger partial charge in [-0.05, 0) is 47.5 Å². The molecule has 2 heterocycles. The molecule has 0 spiro atoms. The van der Waals surface area contributed by atoms with E-state index in [0.717, 1.165) is 16.8 Å². The molecule has 1 amide bonds. The number of nitrogens with zero attached hydrogens (tertiary/aromatic N) is 2. The lowest BCUT2D eigenvalue weighted by atomic mass is 10.1. The van der Waals surface area contributed by atoms with E-state index < -0.39 is 0 Å². The van der Waals surface area contributed by atoms with Crippen molar-refractivity contribution in [2.75, 3.05) is 16.4 Å². The highest BCUT2D eigenvalue weighted by atomic mass is 16.1. The molecular formula is C20H19N5O. The first-order valence-corrected chi connectivity index (χ1v) is 8.09. The predicted octanol–water partition coefficient (Wildman–Crippen LogP) is 3.93. The molecule has 4 N–H and O–H groups in total. The van der Waals surface area contributed by atoms with Gasteiger partial charge in [0.2, 0.25) is 5.91 Å². The lowest BCUT2D eigenvalue weighted by Crippen LogP contribution is -2.06. The molecule has 26 heavy (non-hydrogen) atoms. The van der Waals surface area contributed by atoms with Gasteiger partial charge >= 0.3 is 0 Å². The van der Waals surface area contributed by atoms with Crippen LogP contribution < -0.4 is 16.4 Å². The summed E-state index contributed by atoms with van der Waals surface area (Å²) in [5, 5.41) is 5.86. The highest BCUT2D eigenvalue weighted by Gasteiger charge is 2.00. The van der Waals surface area contributed by atoms with Gasteiger partial charge in [0, 0.05) is 25.0 Å². The lowest BCUT2D eigenvalue weighted by Gasteiger charge is -2.08. The quantitative estimate of drug-likeness (QED) is 0.651. The Hall–Kier alpha value is -3.67. The first-order chi connectivity index (χ1) is 12.6. The van der Waals surface area contributed by atoms with Crippen LogP contribution >= 0.6 is 0 Å². The summed E-state index contributed by atoms with van der Waals surface area (Å²) in [6, 6.07) is 15.2. The van der Waals surface area contributed by atoms with Gasteiger partial charge in [0.05, 0.1) is 5.69 Å². The Labute approximate surface area is 151 Å². The molecule has 0 bridgehead atoms. The first-order valence-electron chi connectivity index (χ1n) is 8.09. The molecule has 3 aromatic rings. The first kappa shape index (κ1) is 17.2. The number of nitrogens with one attached hydrogen (secondary N) is 2. The number of pyridine rings is 2. The van der Waals surface area contributed by atoms with E-state index in [0.29, 0.717) is 17.3 Å². The van der Waals surface area contributed by atoms with Crippen LogP contribution in [-0.2, 0) is 4.79 Å². The van der Waals surface area contributed by atoms with Crippen LogP contribution in [0, 0.1) is 0 Å². The molecule has 130 valence electrons. The van der Waals surface area contributed by atoms with Gasteiger partial charge in [0.15, 0.2) is 5.82 Å². The predicted molar refractivity (Wildman–Crippen MR) is 106 cm³/mol. The van der Waals surface area contributed by atoms with Crippen molar-refractivity contribution in [1.82, 2.24) is 9.97 Å². The van der Waals surface area contributed by atoms with Gasteiger partial charge in [0.1, 0.15) is 5.82 Å². The largest absolute Gasteiger partial charge is 0.396 e. The van der Waals surface area contributed by atoms with E-state index >= 15 is 0 Å². The molecule has 0 aliphatic carbocycles. The molecule has 6 nitrogen and oxygen atoms in total. The van der Waals surface area contributed by atoms with E-state index in [1.54, 1.807) is 30.6 Å². The van der Waals surface area contributed by atoms with E-state index in [1.807, 2.05) is 42.5 Å². The number of benzene rings is 1. The molecule has 3 rings (SSSR count). The average molecular weight is 345 g/mol. The highest BCUT2D eigenvalue weighted by molar-refractivity contribution is 5.87. The molecular weight excluding hydrogens is 326 g/mol. The fourth-order valence-electron chi connectivity index (χ4n) is 2.33. The van der Waals surface area contributed by atoms with Crippen molar-refractivity contribution in [2.45, 2.75) is 6.92 Å². The summed E-state index contributed by atoms with van der Waals surface area (Å²) in [7, 11) is 0. The van der Waals surface area contributed by atoms with Crippen LogP contribution in [0.2, 0.25) is 0 Å². The Morgan fingerprint density at radius 3 is 2.62 bits per heavy atom. The van der Waals surface area contributed by atoms with E-state index in [-0.39, 0.29) is 5.91 Å². The molecule has 0 aliphatic rings. The third-order valence-electron chi connectivity index (χ3n) is 3.55. The topological polar surface area (TPSA) is 92.9 Å². The second-order valence-electron chi connectivity index (χ2n) is 5.68. The molecule has 0 aliphatic heterocycles. The normalized spacial score (nSPS) is 10.7. The van der Waals surface area contributed by atoms with Crippen molar-refractivity contribution >= 4 is 41.1 Å². The van der Waals surface area contributed by atoms with Gasteiger partial charge in [-0.2, -0.15) is 0 Å². The van der Waals surface area contributed by atoms with Crippen LogP contribution in [0.3, 0.4) is 0 Å². The smallest absolute Gasteiger partial charge is 0.222 e. The van der Waals surface area contributed by atoms with E-state index in [2.05, 4.69) is 20.6 Å². The van der Waals surface area contributed by atoms with Gasteiger partial charge in [-0.3, -0.25) is 4.79 Å². The van der Waals surface area contributed by atoms with Gasteiger partial charge in [-0.25, -0.2) is 9.97 Å². The molecule has 0 saturated carbocycles. The van der Waals surface area contributed by atoms with Crippen LogP contribution in [0.4, 0.5) is 23.0 Å². The number of anilines is 4. The maximum Gasteiger partial charge on any atom is 0.222 e. The SMILES string of the molecule is CC(=O)Nc1ccc(/C=C/c2cccc(Nc3ncccc3N)c2)cn1. The number of nitrogens with two attached hydrogens (primary N) is 1. The molecule has 0 saturated heterocycles. The van der Waals surface area contributed by atoms with E-state index in [1.165, 1.54) is 6.92 Å². The number of nitrogen functional groups attached to an aromatic ring is 1. The van der Waals surface area contributed by atoms with Crippen LogP contribution in [0.5, 0.6) is 0 Å². The molecule has 0 unspecified atom stereocenters. The standard InChI is InChI=1S/C20H19N5O/c1-14(26)24-19-10-9-16(13-23-19)8-7-15-4-2-5-17(12-15)25-20-18(21)6-3-11-22-20/h2-13H,21H2,1H3,(H,22,25)(H,23,24,26)/b8-7+. The third kappa shape index (κ3) is 4.67. The van der Waals surface area contributed by atoms with Crippen molar-refractivity contribution in [1.29, 1.82) is 0 Å². The Bertz CT molecular complexity index is 935. The van der Waals surface area contributed by atoms with Crippen LogP contribution in [0.1, 0.15) is 18.1 Å². The fourth-order valence-corrected chi connectivity index (χ4v) is 2.33. The summed E-state index contributed by atoms with van der Waals surface area (Å²) >= 11 is 0.